The predicted octanol–water partition coefficient (Wildman–Crippen LogP) is 1.31. The third-order valence-electron chi connectivity index (χ3n) is 2.18. The SMILES string of the molecule is O=C(O)C[C@@H](NS(=O)(=O)c1ccc(Cl)c(Br)c1)C(=O)O. The Labute approximate surface area is 127 Å². The molecule has 0 bridgehead atoms. The molecule has 0 amide bonds. The third kappa shape index (κ3) is 4.44. The van der Waals surface area contributed by atoms with E-state index in [1.54, 1.807) is 0 Å². The van der Waals surface area contributed by atoms with Gasteiger partial charge in [0.25, 0.3) is 0 Å². The fraction of sp³-hybridized carbons (Fsp3) is 0.200. The van der Waals surface area contributed by atoms with Crippen molar-refractivity contribution in [3.8, 4) is 0 Å². The minimum absolute atomic E-state index is 0.231. The maximum absolute atomic E-state index is 12.0. The number of halogens is 2. The number of carboxylic acid groups (broad SMARTS) is 2. The maximum atomic E-state index is 12.0. The van der Waals surface area contributed by atoms with Crippen LogP contribution in [0.5, 0.6) is 0 Å². The van der Waals surface area contributed by atoms with Crippen molar-refractivity contribution in [1.82, 2.24) is 4.72 Å². The summed E-state index contributed by atoms with van der Waals surface area (Å²) in [5.74, 6) is -3.01. The van der Waals surface area contributed by atoms with E-state index in [0.29, 0.717) is 4.47 Å². The monoisotopic (exact) mass is 385 g/mol. The zero-order valence-electron chi connectivity index (χ0n) is 9.71. The molecular formula is C10H9BrClNO6S. The second-order valence-electron chi connectivity index (χ2n) is 3.69. The zero-order chi connectivity index (χ0) is 15.5. The van der Waals surface area contributed by atoms with Gasteiger partial charge in [0.1, 0.15) is 6.04 Å². The summed E-state index contributed by atoms with van der Waals surface area (Å²) in [7, 11) is -4.17. The average molecular weight is 387 g/mol. The summed E-state index contributed by atoms with van der Waals surface area (Å²) < 4.78 is 26.0. The van der Waals surface area contributed by atoms with E-state index >= 15 is 0 Å². The highest BCUT2D eigenvalue weighted by atomic mass is 79.9. The van der Waals surface area contributed by atoms with Crippen LogP contribution in [-0.4, -0.2) is 36.6 Å². The summed E-state index contributed by atoms with van der Waals surface area (Å²) in [4.78, 5) is 21.1. The fourth-order valence-corrected chi connectivity index (χ4v) is 3.12. The summed E-state index contributed by atoms with van der Waals surface area (Å²) in [6.45, 7) is 0. The van der Waals surface area contributed by atoms with Crippen molar-refractivity contribution < 1.29 is 28.2 Å². The molecule has 0 fully saturated rings. The molecule has 0 unspecified atom stereocenters. The van der Waals surface area contributed by atoms with E-state index in [1.807, 2.05) is 4.72 Å². The van der Waals surface area contributed by atoms with Crippen LogP contribution in [0.2, 0.25) is 5.02 Å². The van der Waals surface area contributed by atoms with Crippen LogP contribution in [0, 0.1) is 0 Å². The molecule has 3 N–H and O–H groups in total. The molecular weight excluding hydrogens is 378 g/mol. The molecule has 1 aromatic carbocycles. The van der Waals surface area contributed by atoms with Gasteiger partial charge in [0, 0.05) is 4.47 Å². The molecule has 20 heavy (non-hydrogen) atoms. The van der Waals surface area contributed by atoms with E-state index in [-0.39, 0.29) is 9.92 Å². The third-order valence-corrected chi connectivity index (χ3v) is 4.86. The number of hydrogen-bond donors (Lipinski definition) is 3. The van der Waals surface area contributed by atoms with Gasteiger partial charge >= 0.3 is 11.9 Å². The highest BCUT2D eigenvalue weighted by molar-refractivity contribution is 9.10. The lowest BCUT2D eigenvalue weighted by molar-refractivity contribution is -0.145. The summed E-state index contributed by atoms with van der Waals surface area (Å²) >= 11 is 8.76. The summed E-state index contributed by atoms with van der Waals surface area (Å²) in [6.07, 6.45) is -0.872. The molecule has 10 heteroatoms. The molecule has 0 heterocycles. The molecule has 1 rings (SSSR count). The topological polar surface area (TPSA) is 121 Å². The Morgan fingerprint density at radius 1 is 1.35 bits per heavy atom. The van der Waals surface area contributed by atoms with E-state index in [2.05, 4.69) is 15.9 Å². The van der Waals surface area contributed by atoms with Gasteiger partial charge in [0.2, 0.25) is 10.0 Å². The number of aliphatic carboxylic acids is 2. The van der Waals surface area contributed by atoms with E-state index in [9.17, 15) is 18.0 Å². The van der Waals surface area contributed by atoms with E-state index in [4.69, 9.17) is 21.8 Å². The molecule has 0 aliphatic rings. The van der Waals surface area contributed by atoms with Crippen LogP contribution in [0.25, 0.3) is 0 Å². The van der Waals surface area contributed by atoms with Crippen LogP contribution < -0.4 is 4.72 Å². The van der Waals surface area contributed by atoms with Crippen LogP contribution in [0.3, 0.4) is 0 Å². The van der Waals surface area contributed by atoms with Gasteiger partial charge in [-0.2, -0.15) is 4.72 Å². The second-order valence-corrected chi connectivity index (χ2v) is 6.66. The number of carboxylic acids is 2. The first kappa shape index (κ1) is 16.9. The molecule has 0 saturated heterocycles. The molecule has 0 aliphatic carbocycles. The van der Waals surface area contributed by atoms with E-state index < -0.39 is 34.4 Å². The molecule has 0 spiro atoms. The summed E-state index contributed by atoms with van der Waals surface area (Å²) in [6, 6.07) is 1.92. The van der Waals surface area contributed by atoms with Gasteiger partial charge < -0.3 is 10.2 Å². The Bertz CT molecular complexity index is 647. The van der Waals surface area contributed by atoms with Crippen molar-refractivity contribution in [2.75, 3.05) is 0 Å². The Hall–Kier alpha value is -1.16. The van der Waals surface area contributed by atoms with Crippen LogP contribution in [-0.2, 0) is 19.6 Å². The summed E-state index contributed by atoms with van der Waals surface area (Å²) in [5.41, 5.74) is 0. The molecule has 110 valence electrons. The molecule has 0 aromatic heterocycles. The van der Waals surface area contributed by atoms with E-state index in [0.717, 1.165) is 0 Å². The first-order valence-corrected chi connectivity index (χ1v) is 7.71. The maximum Gasteiger partial charge on any atom is 0.322 e. The number of sulfonamides is 1. The first-order valence-electron chi connectivity index (χ1n) is 5.05. The van der Waals surface area contributed by atoms with E-state index in [1.165, 1.54) is 18.2 Å². The van der Waals surface area contributed by atoms with Gasteiger partial charge in [-0.05, 0) is 34.1 Å². The van der Waals surface area contributed by atoms with Gasteiger partial charge in [0.15, 0.2) is 0 Å². The smallest absolute Gasteiger partial charge is 0.322 e. The standard InChI is InChI=1S/C10H9BrClNO6S/c11-6-3-5(1-2-7(6)12)20(18,19)13-8(10(16)17)4-9(14)15/h1-3,8,13H,4H2,(H,14,15)(H,16,17)/t8-/m1/s1. The van der Waals surface area contributed by atoms with Gasteiger partial charge in [-0.1, -0.05) is 11.6 Å². The molecule has 1 atom stereocenters. The van der Waals surface area contributed by atoms with Crippen LogP contribution in [0.15, 0.2) is 27.6 Å². The largest absolute Gasteiger partial charge is 0.481 e. The molecule has 0 saturated carbocycles. The van der Waals surface area contributed by atoms with Crippen LogP contribution >= 0.6 is 27.5 Å². The minimum atomic E-state index is -4.17. The Kier molecular flexibility index (Phi) is 5.51. The quantitative estimate of drug-likeness (QED) is 0.678. The Balaban J connectivity index is 3.06. The number of hydrogen-bond acceptors (Lipinski definition) is 4. The summed E-state index contributed by atoms with van der Waals surface area (Å²) in [5, 5.41) is 17.6. The Morgan fingerprint density at radius 2 is 1.95 bits per heavy atom. The first-order chi connectivity index (χ1) is 9.13. The average Bonchev–Trinajstić information content (AvgIpc) is 2.30. The highest BCUT2D eigenvalue weighted by Gasteiger charge is 2.27. The van der Waals surface area contributed by atoms with Crippen molar-refractivity contribution in [2.24, 2.45) is 0 Å². The number of benzene rings is 1. The molecule has 0 aliphatic heterocycles. The number of nitrogens with one attached hydrogen (secondary N) is 1. The second kappa shape index (κ2) is 6.53. The number of carbonyl (C=O) groups is 2. The highest BCUT2D eigenvalue weighted by Crippen LogP contribution is 2.25. The van der Waals surface area contributed by atoms with Crippen molar-refractivity contribution >= 4 is 49.5 Å². The normalized spacial score (nSPS) is 12.9. The Morgan fingerprint density at radius 3 is 2.40 bits per heavy atom. The van der Waals surface area contributed by atoms with Crippen LogP contribution in [0.1, 0.15) is 6.42 Å². The van der Waals surface area contributed by atoms with Crippen molar-refractivity contribution in [2.45, 2.75) is 17.4 Å². The fourth-order valence-electron chi connectivity index (χ4n) is 1.25. The van der Waals surface area contributed by atoms with Crippen LogP contribution in [0.4, 0.5) is 0 Å². The van der Waals surface area contributed by atoms with Crippen molar-refractivity contribution in [1.29, 1.82) is 0 Å². The van der Waals surface area contributed by atoms with Gasteiger partial charge in [-0.3, -0.25) is 9.59 Å². The van der Waals surface area contributed by atoms with Gasteiger partial charge in [0.05, 0.1) is 16.3 Å². The lowest BCUT2D eigenvalue weighted by Crippen LogP contribution is -2.42. The van der Waals surface area contributed by atoms with Crippen molar-refractivity contribution in [3.63, 3.8) is 0 Å². The van der Waals surface area contributed by atoms with Crippen molar-refractivity contribution in [3.05, 3.63) is 27.7 Å². The predicted molar refractivity (Wildman–Crippen MR) is 73.2 cm³/mol. The van der Waals surface area contributed by atoms with Gasteiger partial charge in [-0.25, -0.2) is 8.42 Å². The number of rotatable bonds is 6. The molecule has 1 aromatic rings. The lowest BCUT2D eigenvalue weighted by Gasteiger charge is -2.13. The molecule has 7 nitrogen and oxygen atoms in total. The van der Waals surface area contributed by atoms with Gasteiger partial charge in [-0.15, -0.1) is 0 Å². The lowest BCUT2D eigenvalue weighted by atomic mass is 10.2. The minimum Gasteiger partial charge on any atom is -0.481 e. The zero-order valence-corrected chi connectivity index (χ0v) is 12.9. The molecule has 0 radical (unpaired) electrons.